The topological polar surface area (TPSA) is 79.1 Å². The lowest BCUT2D eigenvalue weighted by Crippen LogP contribution is -2.52. The standard InChI is InChI=1S/C15H28N4O3/c1-12-3-7-17(8-4-12)14(20)19(16)11-13-5-9-18(10-6-13)15(21)22-2/h12-13H,3-11,16H2,1-2H3. The molecule has 22 heavy (non-hydrogen) atoms. The number of nitrogens with zero attached hydrogens (tertiary/aromatic N) is 3. The molecule has 3 amide bonds. The first-order valence-corrected chi connectivity index (χ1v) is 8.15. The molecule has 2 aliphatic heterocycles. The van der Waals surface area contributed by atoms with Gasteiger partial charge in [0.05, 0.1) is 7.11 Å². The van der Waals surface area contributed by atoms with Crippen LogP contribution in [0.15, 0.2) is 0 Å². The molecule has 0 unspecified atom stereocenters. The van der Waals surface area contributed by atoms with E-state index in [9.17, 15) is 9.59 Å². The Morgan fingerprint density at radius 3 is 2.18 bits per heavy atom. The Hall–Kier alpha value is -1.50. The zero-order chi connectivity index (χ0) is 16.1. The maximum atomic E-state index is 12.3. The molecule has 7 nitrogen and oxygen atoms in total. The van der Waals surface area contributed by atoms with Gasteiger partial charge in [0.1, 0.15) is 0 Å². The molecule has 2 rings (SSSR count). The fourth-order valence-electron chi connectivity index (χ4n) is 3.16. The van der Waals surface area contributed by atoms with Gasteiger partial charge in [0.2, 0.25) is 0 Å². The molecule has 0 aromatic rings. The molecule has 0 atom stereocenters. The van der Waals surface area contributed by atoms with E-state index in [1.165, 1.54) is 12.1 Å². The molecule has 0 aromatic carbocycles. The SMILES string of the molecule is COC(=O)N1CCC(CN(N)C(=O)N2CCC(C)CC2)CC1. The molecule has 2 fully saturated rings. The highest BCUT2D eigenvalue weighted by molar-refractivity contribution is 5.73. The van der Waals surface area contributed by atoms with E-state index in [1.807, 2.05) is 4.90 Å². The predicted molar refractivity (Wildman–Crippen MR) is 83.0 cm³/mol. The van der Waals surface area contributed by atoms with Crippen molar-refractivity contribution in [2.45, 2.75) is 32.6 Å². The lowest BCUT2D eigenvalue weighted by Gasteiger charge is -2.36. The minimum atomic E-state index is -0.276. The number of hydrogen-bond acceptors (Lipinski definition) is 4. The van der Waals surface area contributed by atoms with Gasteiger partial charge < -0.3 is 14.5 Å². The monoisotopic (exact) mass is 312 g/mol. The van der Waals surface area contributed by atoms with E-state index in [4.69, 9.17) is 10.6 Å². The summed E-state index contributed by atoms with van der Waals surface area (Å²) in [6.07, 6.45) is 3.54. The third-order valence-electron chi connectivity index (χ3n) is 4.80. The van der Waals surface area contributed by atoms with Crippen LogP contribution in [0.2, 0.25) is 0 Å². The van der Waals surface area contributed by atoms with Crippen molar-refractivity contribution < 1.29 is 14.3 Å². The van der Waals surface area contributed by atoms with E-state index in [0.717, 1.165) is 38.8 Å². The van der Waals surface area contributed by atoms with Crippen LogP contribution >= 0.6 is 0 Å². The van der Waals surface area contributed by atoms with Gasteiger partial charge >= 0.3 is 12.1 Å². The molecule has 2 aliphatic rings. The largest absolute Gasteiger partial charge is 0.453 e. The quantitative estimate of drug-likeness (QED) is 0.476. The first kappa shape index (κ1) is 16.9. The van der Waals surface area contributed by atoms with Gasteiger partial charge in [-0.2, -0.15) is 0 Å². The lowest BCUT2D eigenvalue weighted by atomic mass is 9.97. The van der Waals surface area contributed by atoms with Gasteiger partial charge in [-0.3, -0.25) is 5.01 Å². The summed E-state index contributed by atoms with van der Waals surface area (Å²) in [5, 5.41) is 1.36. The summed E-state index contributed by atoms with van der Waals surface area (Å²) < 4.78 is 4.72. The van der Waals surface area contributed by atoms with Crippen LogP contribution in [0.5, 0.6) is 0 Å². The zero-order valence-corrected chi connectivity index (χ0v) is 13.7. The Kier molecular flexibility index (Phi) is 5.88. The number of piperidine rings is 2. The molecular formula is C15H28N4O3. The molecule has 0 aliphatic carbocycles. The maximum absolute atomic E-state index is 12.3. The highest BCUT2D eigenvalue weighted by atomic mass is 16.5. The van der Waals surface area contributed by atoms with Crippen molar-refractivity contribution in [3.8, 4) is 0 Å². The molecule has 2 N–H and O–H groups in total. The second kappa shape index (κ2) is 7.67. The van der Waals surface area contributed by atoms with Crippen molar-refractivity contribution in [3.63, 3.8) is 0 Å². The van der Waals surface area contributed by atoms with Crippen molar-refractivity contribution in [2.75, 3.05) is 39.8 Å². The Morgan fingerprint density at radius 1 is 1.09 bits per heavy atom. The van der Waals surface area contributed by atoms with Crippen LogP contribution < -0.4 is 5.84 Å². The van der Waals surface area contributed by atoms with Gasteiger partial charge in [-0.15, -0.1) is 0 Å². The van der Waals surface area contributed by atoms with Crippen molar-refractivity contribution >= 4 is 12.1 Å². The fraction of sp³-hybridized carbons (Fsp3) is 0.867. The number of carbonyl (C=O) groups is 2. The van der Waals surface area contributed by atoms with Gasteiger partial charge in [-0.25, -0.2) is 15.4 Å². The normalized spacial score (nSPS) is 20.9. The minimum absolute atomic E-state index is 0.0673. The van der Waals surface area contributed by atoms with Crippen LogP contribution in [0.3, 0.4) is 0 Å². The summed E-state index contributed by atoms with van der Waals surface area (Å²) in [6, 6.07) is -0.0673. The summed E-state index contributed by atoms with van der Waals surface area (Å²) >= 11 is 0. The van der Waals surface area contributed by atoms with Crippen LogP contribution in [-0.2, 0) is 4.74 Å². The third-order valence-corrected chi connectivity index (χ3v) is 4.80. The van der Waals surface area contributed by atoms with Gasteiger partial charge in [-0.1, -0.05) is 6.92 Å². The Labute approximate surface area is 132 Å². The molecule has 7 heteroatoms. The molecule has 2 saturated heterocycles. The van der Waals surface area contributed by atoms with Crippen molar-refractivity contribution in [2.24, 2.45) is 17.7 Å². The van der Waals surface area contributed by atoms with E-state index >= 15 is 0 Å². The maximum Gasteiger partial charge on any atom is 0.409 e. The van der Waals surface area contributed by atoms with Crippen molar-refractivity contribution in [3.05, 3.63) is 0 Å². The second-order valence-electron chi connectivity index (χ2n) is 6.50. The summed E-state index contributed by atoms with van der Waals surface area (Å²) in [7, 11) is 1.40. The first-order chi connectivity index (χ1) is 10.5. The van der Waals surface area contributed by atoms with E-state index in [2.05, 4.69) is 6.92 Å². The number of nitrogens with two attached hydrogens (primary N) is 1. The van der Waals surface area contributed by atoms with Gasteiger partial charge in [0.25, 0.3) is 0 Å². The Morgan fingerprint density at radius 2 is 1.64 bits per heavy atom. The smallest absolute Gasteiger partial charge is 0.409 e. The third kappa shape index (κ3) is 4.25. The summed E-state index contributed by atoms with van der Waals surface area (Å²) in [5.41, 5.74) is 0. The highest BCUT2D eigenvalue weighted by Crippen LogP contribution is 2.20. The van der Waals surface area contributed by atoms with E-state index in [0.29, 0.717) is 31.5 Å². The van der Waals surface area contributed by atoms with E-state index in [1.54, 1.807) is 4.90 Å². The van der Waals surface area contributed by atoms with Gasteiger partial charge in [-0.05, 0) is 37.5 Å². The molecule has 0 spiro atoms. The number of hydrogen-bond donors (Lipinski definition) is 1. The molecule has 0 bridgehead atoms. The van der Waals surface area contributed by atoms with Crippen LogP contribution in [0.4, 0.5) is 9.59 Å². The Bertz CT molecular complexity index is 388. The molecular weight excluding hydrogens is 284 g/mol. The Balaban J connectivity index is 1.74. The number of methoxy groups -OCH3 is 1. The molecule has 126 valence electrons. The van der Waals surface area contributed by atoms with Crippen molar-refractivity contribution in [1.29, 1.82) is 0 Å². The molecule has 0 saturated carbocycles. The van der Waals surface area contributed by atoms with Crippen LogP contribution in [0.25, 0.3) is 0 Å². The molecule has 0 aromatic heterocycles. The van der Waals surface area contributed by atoms with Crippen LogP contribution in [-0.4, -0.2) is 66.8 Å². The van der Waals surface area contributed by atoms with E-state index < -0.39 is 0 Å². The number of likely N-dealkylation sites (tertiary alicyclic amines) is 2. The lowest BCUT2D eigenvalue weighted by molar-refractivity contribution is 0.0935. The number of urea groups is 1. The number of rotatable bonds is 2. The first-order valence-electron chi connectivity index (χ1n) is 8.15. The zero-order valence-electron chi connectivity index (χ0n) is 13.7. The molecule has 0 radical (unpaired) electrons. The fourth-order valence-corrected chi connectivity index (χ4v) is 3.16. The number of ether oxygens (including phenoxy) is 1. The number of amides is 3. The average Bonchev–Trinajstić information content (AvgIpc) is 2.54. The summed E-state index contributed by atoms with van der Waals surface area (Å²) in [5.74, 6) is 7.01. The predicted octanol–water partition coefficient (Wildman–Crippen LogP) is 1.49. The van der Waals surface area contributed by atoms with Crippen LogP contribution in [0, 0.1) is 11.8 Å². The summed E-state index contributed by atoms with van der Waals surface area (Å²) in [4.78, 5) is 27.3. The van der Waals surface area contributed by atoms with E-state index in [-0.39, 0.29) is 12.1 Å². The second-order valence-corrected chi connectivity index (χ2v) is 6.50. The van der Waals surface area contributed by atoms with Crippen molar-refractivity contribution in [1.82, 2.24) is 14.8 Å². The minimum Gasteiger partial charge on any atom is -0.453 e. The number of carbonyl (C=O) groups excluding carboxylic acids is 2. The average molecular weight is 312 g/mol. The number of hydrazine groups is 1. The van der Waals surface area contributed by atoms with Gasteiger partial charge in [0, 0.05) is 32.7 Å². The van der Waals surface area contributed by atoms with Crippen LogP contribution in [0.1, 0.15) is 32.6 Å². The van der Waals surface area contributed by atoms with Gasteiger partial charge in [0.15, 0.2) is 0 Å². The molecule has 2 heterocycles. The highest BCUT2D eigenvalue weighted by Gasteiger charge is 2.28. The summed E-state index contributed by atoms with van der Waals surface area (Å²) in [6.45, 7) is 5.71.